The molecule has 2 heterocycles. The van der Waals surface area contributed by atoms with Crippen molar-refractivity contribution in [1.82, 2.24) is 15.2 Å². The minimum atomic E-state index is 0.382. The van der Waals surface area contributed by atoms with E-state index in [0.29, 0.717) is 39.8 Å². The van der Waals surface area contributed by atoms with Crippen LogP contribution in [0.25, 0.3) is 22.9 Å². The largest absolute Gasteiger partial charge is 0.497 e. The zero-order chi connectivity index (χ0) is 20.2. The van der Waals surface area contributed by atoms with Crippen molar-refractivity contribution < 1.29 is 18.3 Å². The maximum absolute atomic E-state index is 5.77. The van der Waals surface area contributed by atoms with E-state index < -0.39 is 0 Å². The number of aromatic nitrogens is 3. The molecule has 4 aromatic rings. The van der Waals surface area contributed by atoms with Crippen LogP contribution in [0.5, 0.6) is 11.5 Å². The Balaban J connectivity index is 1.45. The highest BCUT2D eigenvalue weighted by molar-refractivity contribution is 7.98. The van der Waals surface area contributed by atoms with E-state index in [1.807, 2.05) is 43.3 Å². The van der Waals surface area contributed by atoms with Crippen molar-refractivity contribution in [3.05, 3.63) is 60.0 Å². The molecule has 0 fully saturated rings. The molecule has 29 heavy (non-hydrogen) atoms. The van der Waals surface area contributed by atoms with Gasteiger partial charge in [0.25, 0.3) is 11.1 Å². The van der Waals surface area contributed by atoms with Crippen LogP contribution in [-0.2, 0) is 5.75 Å². The number of benzene rings is 2. The quantitative estimate of drug-likeness (QED) is 0.394. The van der Waals surface area contributed by atoms with Crippen LogP contribution in [0, 0.1) is 6.92 Å². The first kappa shape index (κ1) is 19.1. The maximum Gasteiger partial charge on any atom is 0.277 e. The third-order valence-electron chi connectivity index (χ3n) is 4.24. The normalized spacial score (nSPS) is 10.9. The number of ether oxygens (including phenoxy) is 2. The smallest absolute Gasteiger partial charge is 0.277 e. The molecular formula is C21H19N3O4S. The van der Waals surface area contributed by atoms with Gasteiger partial charge < -0.3 is 18.3 Å². The lowest BCUT2D eigenvalue weighted by Crippen LogP contribution is -1.90. The maximum atomic E-state index is 5.77. The predicted molar refractivity (Wildman–Crippen MR) is 109 cm³/mol. The molecule has 4 rings (SSSR count). The third-order valence-corrected chi connectivity index (χ3v) is 5.09. The molecule has 0 amide bonds. The summed E-state index contributed by atoms with van der Waals surface area (Å²) in [5, 5.41) is 8.67. The number of oxazole rings is 1. The van der Waals surface area contributed by atoms with Crippen molar-refractivity contribution >= 4 is 11.8 Å². The summed E-state index contributed by atoms with van der Waals surface area (Å²) in [7, 11) is 3.19. The molecule has 0 spiro atoms. The first-order chi connectivity index (χ1) is 14.2. The van der Waals surface area contributed by atoms with Crippen molar-refractivity contribution in [3.63, 3.8) is 0 Å². The monoisotopic (exact) mass is 409 g/mol. The Bertz CT molecular complexity index is 1110. The zero-order valence-electron chi connectivity index (χ0n) is 16.2. The van der Waals surface area contributed by atoms with Gasteiger partial charge in [0.2, 0.25) is 5.89 Å². The Morgan fingerprint density at radius 2 is 1.79 bits per heavy atom. The summed E-state index contributed by atoms with van der Waals surface area (Å²) in [5.41, 5.74) is 3.64. The Morgan fingerprint density at radius 3 is 2.55 bits per heavy atom. The Morgan fingerprint density at radius 1 is 0.966 bits per heavy atom. The van der Waals surface area contributed by atoms with Crippen molar-refractivity contribution in [2.75, 3.05) is 14.2 Å². The van der Waals surface area contributed by atoms with Gasteiger partial charge in [-0.15, -0.1) is 10.2 Å². The first-order valence-electron chi connectivity index (χ1n) is 8.86. The van der Waals surface area contributed by atoms with Crippen molar-refractivity contribution in [1.29, 1.82) is 0 Å². The minimum Gasteiger partial charge on any atom is -0.497 e. The van der Waals surface area contributed by atoms with Crippen molar-refractivity contribution in [2.45, 2.75) is 17.9 Å². The molecule has 0 N–H and O–H groups in total. The Labute approximate surface area is 172 Å². The molecule has 2 aromatic carbocycles. The van der Waals surface area contributed by atoms with Gasteiger partial charge in [0.15, 0.2) is 0 Å². The fourth-order valence-corrected chi connectivity index (χ4v) is 3.33. The van der Waals surface area contributed by atoms with Crippen LogP contribution in [0.2, 0.25) is 0 Å². The molecule has 0 saturated heterocycles. The van der Waals surface area contributed by atoms with Gasteiger partial charge in [-0.25, -0.2) is 4.98 Å². The molecular weight excluding hydrogens is 390 g/mol. The second-order valence-corrected chi connectivity index (χ2v) is 7.16. The van der Waals surface area contributed by atoms with E-state index in [1.165, 1.54) is 17.3 Å². The van der Waals surface area contributed by atoms with E-state index in [-0.39, 0.29) is 0 Å². The Hall–Kier alpha value is -3.26. The lowest BCUT2D eigenvalue weighted by molar-refractivity contribution is 0.393. The molecule has 0 radical (unpaired) electrons. The van der Waals surface area contributed by atoms with E-state index in [4.69, 9.17) is 18.3 Å². The molecule has 0 saturated carbocycles. The van der Waals surface area contributed by atoms with Crippen molar-refractivity contribution in [3.8, 4) is 34.4 Å². The highest BCUT2D eigenvalue weighted by Crippen LogP contribution is 2.34. The summed E-state index contributed by atoms with van der Waals surface area (Å²) in [6, 6.07) is 13.5. The number of methoxy groups -OCH3 is 2. The molecule has 0 aliphatic heterocycles. The summed E-state index contributed by atoms with van der Waals surface area (Å²) >= 11 is 1.39. The zero-order valence-corrected chi connectivity index (χ0v) is 17.0. The average molecular weight is 409 g/mol. The lowest BCUT2D eigenvalue weighted by atomic mass is 10.1. The summed E-state index contributed by atoms with van der Waals surface area (Å²) in [6.45, 7) is 2.04. The highest BCUT2D eigenvalue weighted by atomic mass is 32.2. The van der Waals surface area contributed by atoms with Gasteiger partial charge in [-0.1, -0.05) is 29.5 Å². The number of thioether (sulfide) groups is 1. The Kier molecular flexibility index (Phi) is 5.53. The van der Waals surface area contributed by atoms with Crippen LogP contribution >= 0.6 is 11.8 Å². The van der Waals surface area contributed by atoms with E-state index in [9.17, 15) is 0 Å². The SMILES string of the molecule is COc1ccc(-c2nnc(SCc3coc(-c4ccc(C)cc4)n3)o2)c(OC)c1. The standard InChI is InChI=1S/C21H19N3O4S/c1-13-4-6-14(7-5-13)19-22-15(11-27-19)12-29-21-24-23-20(28-21)17-9-8-16(25-2)10-18(17)26-3/h4-11H,12H2,1-3H3. The second kappa shape index (κ2) is 8.40. The average Bonchev–Trinajstić information content (AvgIpc) is 3.42. The molecule has 7 nitrogen and oxygen atoms in total. The van der Waals surface area contributed by atoms with Gasteiger partial charge in [0.05, 0.1) is 25.5 Å². The number of aryl methyl sites for hydroxylation is 1. The molecule has 0 unspecified atom stereocenters. The summed E-state index contributed by atoms with van der Waals surface area (Å²) in [5.74, 6) is 2.82. The topological polar surface area (TPSA) is 83.4 Å². The predicted octanol–water partition coefficient (Wildman–Crippen LogP) is 5.01. The van der Waals surface area contributed by atoms with Gasteiger partial charge in [-0.3, -0.25) is 0 Å². The molecule has 0 bridgehead atoms. The summed E-state index contributed by atoms with van der Waals surface area (Å²) in [6.07, 6.45) is 1.64. The van der Waals surface area contributed by atoms with Gasteiger partial charge in [-0.05, 0) is 31.2 Å². The molecule has 8 heteroatoms. The first-order valence-corrected chi connectivity index (χ1v) is 9.85. The molecule has 2 aromatic heterocycles. The molecule has 0 atom stereocenters. The highest BCUT2D eigenvalue weighted by Gasteiger charge is 2.15. The number of hydrogen-bond donors (Lipinski definition) is 0. The van der Waals surface area contributed by atoms with Crippen LogP contribution in [0.1, 0.15) is 11.3 Å². The van der Waals surface area contributed by atoms with Crippen LogP contribution in [0.3, 0.4) is 0 Å². The van der Waals surface area contributed by atoms with E-state index in [1.54, 1.807) is 26.5 Å². The summed E-state index contributed by atoms with van der Waals surface area (Å²) in [4.78, 5) is 4.53. The molecule has 0 aliphatic rings. The summed E-state index contributed by atoms with van der Waals surface area (Å²) < 4.78 is 22.0. The van der Waals surface area contributed by atoms with Crippen molar-refractivity contribution in [2.24, 2.45) is 0 Å². The third kappa shape index (κ3) is 4.27. The van der Waals surface area contributed by atoms with E-state index in [2.05, 4.69) is 15.2 Å². The van der Waals surface area contributed by atoms with Crippen LogP contribution < -0.4 is 9.47 Å². The fraction of sp³-hybridized carbons (Fsp3) is 0.190. The minimum absolute atomic E-state index is 0.382. The van der Waals surface area contributed by atoms with Crippen LogP contribution in [-0.4, -0.2) is 29.4 Å². The number of hydrogen-bond acceptors (Lipinski definition) is 8. The van der Waals surface area contributed by atoms with E-state index >= 15 is 0 Å². The molecule has 0 aliphatic carbocycles. The van der Waals surface area contributed by atoms with Gasteiger partial charge >= 0.3 is 0 Å². The molecule has 148 valence electrons. The van der Waals surface area contributed by atoms with E-state index in [0.717, 1.165) is 11.3 Å². The number of rotatable bonds is 7. The van der Waals surface area contributed by atoms with Gasteiger partial charge in [0.1, 0.15) is 17.8 Å². The van der Waals surface area contributed by atoms with Gasteiger partial charge in [0, 0.05) is 17.4 Å². The lowest BCUT2D eigenvalue weighted by Gasteiger charge is -2.07. The second-order valence-electron chi connectivity index (χ2n) is 6.24. The van der Waals surface area contributed by atoms with Crippen LogP contribution in [0.15, 0.2) is 62.8 Å². The van der Waals surface area contributed by atoms with Gasteiger partial charge in [-0.2, -0.15) is 0 Å². The fourth-order valence-electron chi connectivity index (χ4n) is 2.69. The number of nitrogens with zero attached hydrogens (tertiary/aromatic N) is 3. The van der Waals surface area contributed by atoms with Crippen LogP contribution in [0.4, 0.5) is 0 Å².